The van der Waals surface area contributed by atoms with E-state index in [0.29, 0.717) is 11.1 Å². The van der Waals surface area contributed by atoms with E-state index in [1.165, 1.54) is 0 Å². The van der Waals surface area contributed by atoms with E-state index in [9.17, 15) is 9.90 Å². The number of nitrogens with one attached hydrogen (secondary N) is 1. The van der Waals surface area contributed by atoms with Gasteiger partial charge >= 0.3 is 0 Å². The van der Waals surface area contributed by atoms with Crippen LogP contribution in [0.15, 0.2) is 90.0 Å². The van der Waals surface area contributed by atoms with Crippen LogP contribution in [-0.4, -0.2) is 17.2 Å². The number of carbonyl (C=O) groups excluding carboxylic acids is 1. The standard InChI is InChI=1S/C21H17IN2O2/c22-19-13-11-16(12-14-19)15-23-24-20(25)21(26,17-7-3-1-4-8-17)18-9-5-2-6-10-18/h1-15,26H,(H,24,25)/b23-15-. The van der Waals surface area contributed by atoms with Gasteiger partial charge in [0.05, 0.1) is 6.21 Å². The van der Waals surface area contributed by atoms with Gasteiger partial charge in [-0.1, -0.05) is 72.8 Å². The molecule has 1 amide bonds. The third-order valence-corrected chi connectivity index (χ3v) is 4.68. The Balaban J connectivity index is 1.87. The molecule has 0 spiro atoms. The first-order chi connectivity index (χ1) is 12.6. The molecule has 3 rings (SSSR count). The molecule has 26 heavy (non-hydrogen) atoms. The van der Waals surface area contributed by atoms with Gasteiger partial charge in [0.2, 0.25) is 0 Å². The summed E-state index contributed by atoms with van der Waals surface area (Å²) in [6.45, 7) is 0. The van der Waals surface area contributed by atoms with E-state index in [4.69, 9.17) is 0 Å². The van der Waals surface area contributed by atoms with Gasteiger partial charge in [-0.15, -0.1) is 0 Å². The molecule has 130 valence electrons. The lowest BCUT2D eigenvalue weighted by molar-refractivity contribution is -0.136. The molecule has 0 saturated carbocycles. The molecule has 0 unspecified atom stereocenters. The molecule has 0 heterocycles. The second kappa shape index (κ2) is 8.25. The molecule has 3 aromatic carbocycles. The SMILES string of the molecule is O=C(N/N=C\c1ccc(I)cc1)C(O)(c1ccccc1)c1ccccc1. The molecule has 0 radical (unpaired) electrons. The number of rotatable bonds is 5. The summed E-state index contributed by atoms with van der Waals surface area (Å²) in [4.78, 5) is 12.8. The zero-order valence-electron chi connectivity index (χ0n) is 13.8. The molecule has 5 heteroatoms. The van der Waals surface area contributed by atoms with E-state index in [0.717, 1.165) is 9.13 Å². The third kappa shape index (κ3) is 4.00. The Hall–Kier alpha value is -2.51. The zero-order valence-corrected chi connectivity index (χ0v) is 16.0. The zero-order chi connectivity index (χ0) is 18.4. The van der Waals surface area contributed by atoms with Crippen molar-refractivity contribution in [3.8, 4) is 0 Å². The van der Waals surface area contributed by atoms with Gasteiger partial charge in [0.15, 0.2) is 5.60 Å². The summed E-state index contributed by atoms with van der Waals surface area (Å²) in [5.41, 5.74) is 2.45. The Morgan fingerprint density at radius 1 is 0.885 bits per heavy atom. The molecule has 0 aliphatic rings. The average molecular weight is 456 g/mol. The van der Waals surface area contributed by atoms with E-state index >= 15 is 0 Å². The van der Waals surface area contributed by atoms with Crippen molar-refractivity contribution < 1.29 is 9.90 Å². The van der Waals surface area contributed by atoms with Gasteiger partial charge in [-0.25, -0.2) is 5.43 Å². The van der Waals surface area contributed by atoms with Crippen LogP contribution in [0, 0.1) is 3.57 Å². The van der Waals surface area contributed by atoms with Crippen molar-refractivity contribution in [1.82, 2.24) is 5.43 Å². The van der Waals surface area contributed by atoms with Crippen LogP contribution < -0.4 is 5.43 Å². The Bertz CT molecular complexity index is 855. The van der Waals surface area contributed by atoms with Gasteiger partial charge in [-0.3, -0.25) is 4.79 Å². The lowest BCUT2D eigenvalue weighted by atomic mass is 9.85. The summed E-state index contributed by atoms with van der Waals surface area (Å²) in [6.07, 6.45) is 1.55. The second-order valence-corrected chi connectivity index (χ2v) is 6.94. The van der Waals surface area contributed by atoms with Crippen molar-refractivity contribution in [1.29, 1.82) is 0 Å². The highest BCUT2D eigenvalue weighted by molar-refractivity contribution is 14.1. The van der Waals surface area contributed by atoms with Crippen molar-refractivity contribution >= 4 is 34.7 Å². The van der Waals surface area contributed by atoms with Crippen LogP contribution in [0.25, 0.3) is 0 Å². The Labute approximate surface area is 165 Å². The lowest BCUT2D eigenvalue weighted by Crippen LogP contribution is -2.43. The summed E-state index contributed by atoms with van der Waals surface area (Å²) >= 11 is 2.22. The van der Waals surface area contributed by atoms with Crippen LogP contribution in [0.1, 0.15) is 16.7 Å². The first-order valence-electron chi connectivity index (χ1n) is 8.03. The number of benzene rings is 3. The van der Waals surface area contributed by atoms with Gasteiger partial charge in [0.25, 0.3) is 5.91 Å². The fraction of sp³-hybridized carbons (Fsp3) is 0.0476. The molecule has 0 aliphatic carbocycles. The minimum absolute atomic E-state index is 0.480. The van der Waals surface area contributed by atoms with Crippen LogP contribution in [0.3, 0.4) is 0 Å². The Morgan fingerprint density at radius 2 is 1.38 bits per heavy atom. The van der Waals surface area contributed by atoms with Crippen molar-refractivity contribution in [2.75, 3.05) is 0 Å². The second-order valence-electron chi connectivity index (χ2n) is 5.69. The molecular weight excluding hydrogens is 439 g/mol. The number of hydrogen-bond donors (Lipinski definition) is 2. The quantitative estimate of drug-likeness (QED) is 0.350. The number of hydrogen-bond acceptors (Lipinski definition) is 3. The summed E-state index contributed by atoms with van der Waals surface area (Å²) in [5.74, 6) is -0.614. The number of nitrogens with zero attached hydrogens (tertiary/aromatic N) is 1. The summed E-state index contributed by atoms with van der Waals surface area (Å²) in [6, 6.07) is 25.4. The minimum atomic E-state index is -1.83. The number of carbonyl (C=O) groups is 1. The molecule has 0 fully saturated rings. The summed E-state index contributed by atoms with van der Waals surface area (Å²) < 4.78 is 1.12. The topological polar surface area (TPSA) is 61.7 Å². The van der Waals surface area contributed by atoms with Crippen LogP contribution in [-0.2, 0) is 10.4 Å². The molecular formula is C21H17IN2O2. The normalized spacial score (nSPS) is 11.5. The van der Waals surface area contributed by atoms with E-state index in [2.05, 4.69) is 33.1 Å². The van der Waals surface area contributed by atoms with E-state index < -0.39 is 11.5 Å². The van der Waals surface area contributed by atoms with Crippen LogP contribution in [0.4, 0.5) is 0 Å². The molecule has 0 aliphatic heterocycles. The molecule has 4 nitrogen and oxygen atoms in total. The molecule has 0 atom stereocenters. The highest BCUT2D eigenvalue weighted by atomic mass is 127. The predicted molar refractivity (Wildman–Crippen MR) is 111 cm³/mol. The summed E-state index contributed by atoms with van der Waals surface area (Å²) in [7, 11) is 0. The fourth-order valence-corrected chi connectivity index (χ4v) is 2.94. The van der Waals surface area contributed by atoms with E-state index in [1.807, 2.05) is 36.4 Å². The molecule has 0 saturated heterocycles. The first-order valence-corrected chi connectivity index (χ1v) is 9.11. The van der Waals surface area contributed by atoms with Crippen LogP contribution in [0.5, 0.6) is 0 Å². The monoisotopic (exact) mass is 456 g/mol. The predicted octanol–water partition coefficient (Wildman–Crippen LogP) is 3.68. The number of amides is 1. The van der Waals surface area contributed by atoms with Gasteiger partial charge in [0.1, 0.15) is 0 Å². The van der Waals surface area contributed by atoms with Crippen molar-refractivity contribution in [2.24, 2.45) is 5.10 Å². The van der Waals surface area contributed by atoms with Crippen molar-refractivity contribution in [2.45, 2.75) is 5.60 Å². The fourth-order valence-electron chi connectivity index (χ4n) is 2.58. The number of aliphatic hydroxyl groups is 1. The Kier molecular flexibility index (Phi) is 5.80. The highest BCUT2D eigenvalue weighted by Gasteiger charge is 2.39. The maximum absolute atomic E-state index is 12.8. The lowest BCUT2D eigenvalue weighted by Gasteiger charge is -2.27. The van der Waals surface area contributed by atoms with Crippen LogP contribution >= 0.6 is 22.6 Å². The average Bonchev–Trinajstić information content (AvgIpc) is 2.70. The van der Waals surface area contributed by atoms with E-state index in [-0.39, 0.29) is 0 Å². The highest BCUT2D eigenvalue weighted by Crippen LogP contribution is 2.29. The van der Waals surface area contributed by atoms with Gasteiger partial charge in [-0.2, -0.15) is 5.10 Å². The molecule has 2 N–H and O–H groups in total. The largest absolute Gasteiger partial charge is 0.372 e. The molecule has 0 aromatic heterocycles. The molecule has 0 bridgehead atoms. The van der Waals surface area contributed by atoms with Crippen LogP contribution in [0.2, 0.25) is 0 Å². The number of halogens is 1. The summed E-state index contributed by atoms with van der Waals surface area (Å²) in [5, 5.41) is 15.3. The maximum atomic E-state index is 12.8. The Morgan fingerprint density at radius 3 is 1.88 bits per heavy atom. The smallest absolute Gasteiger partial charge is 0.281 e. The van der Waals surface area contributed by atoms with Crippen molar-refractivity contribution in [3.05, 3.63) is 105 Å². The molecule has 3 aromatic rings. The van der Waals surface area contributed by atoms with Crippen molar-refractivity contribution in [3.63, 3.8) is 0 Å². The minimum Gasteiger partial charge on any atom is -0.372 e. The third-order valence-electron chi connectivity index (χ3n) is 3.96. The van der Waals surface area contributed by atoms with Gasteiger partial charge in [-0.05, 0) is 51.4 Å². The number of hydrazone groups is 1. The first kappa shape index (κ1) is 18.3. The van der Waals surface area contributed by atoms with Gasteiger partial charge in [0, 0.05) is 3.57 Å². The maximum Gasteiger partial charge on any atom is 0.281 e. The van der Waals surface area contributed by atoms with E-state index in [1.54, 1.807) is 54.7 Å². The van der Waals surface area contributed by atoms with Gasteiger partial charge < -0.3 is 5.11 Å².